The van der Waals surface area contributed by atoms with Crippen molar-refractivity contribution in [3.63, 3.8) is 0 Å². The monoisotopic (exact) mass is 369 g/mol. The normalized spacial score (nSPS) is 12.0. The first kappa shape index (κ1) is 16.1. The summed E-state index contributed by atoms with van der Waals surface area (Å²) in [6.45, 7) is 2.06. The van der Waals surface area contributed by atoms with Crippen LogP contribution < -0.4 is 14.8 Å². The highest BCUT2D eigenvalue weighted by Crippen LogP contribution is 2.38. The van der Waals surface area contributed by atoms with Crippen LogP contribution in [0.25, 0.3) is 0 Å². The number of hydrogen-bond acceptors (Lipinski definition) is 3. The Labute approximate surface area is 138 Å². The fourth-order valence-electron chi connectivity index (χ4n) is 2.04. The minimum atomic E-state index is 0.0993. The van der Waals surface area contributed by atoms with Crippen LogP contribution >= 0.6 is 27.5 Å². The van der Waals surface area contributed by atoms with Crippen LogP contribution in [0.15, 0.2) is 40.9 Å². The number of methoxy groups -OCH3 is 1. The van der Waals surface area contributed by atoms with Crippen LogP contribution in [0, 0.1) is 0 Å². The molecule has 0 fully saturated rings. The lowest BCUT2D eigenvalue weighted by Crippen LogP contribution is -2.14. The second kappa shape index (κ2) is 7.16. The Hall–Kier alpha value is -1.23. The van der Waals surface area contributed by atoms with Crippen molar-refractivity contribution in [1.29, 1.82) is 0 Å². The molecule has 0 aliphatic carbocycles. The molecule has 0 spiro atoms. The number of halogens is 2. The lowest BCUT2D eigenvalue weighted by molar-refractivity contribution is 0.393. The average Bonchev–Trinajstić information content (AvgIpc) is 2.49. The van der Waals surface area contributed by atoms with E-state index in [1.807, 2.05) is 31.3 Å². The largest absolute Gasteiger partial charge is 0.496 e. The van der Waals surface area contributed by atoms with Gasteiger partial charge in [-0.05, 0) is 60.2 Å². The Kier molecular flexibility index (Phi) is 5.51. The molecule has 1 unspecified atom stereocenters. The van der Waals surface area contributed by atoms with Crippen LogP contribution in [0.1, 0.15) is 18.5 Å². The fraction of sp³-hybridized carbons (Fsp3) is 0.250. The Morgan fingerprint density at radius 1 is 1.14 bits per heavy atom. The van der Waals surface area contributed by atoms with Gasteiger partial charge >= 0.3 is 0 Å². The molecule has 112 valence electrons. The van der Waals surface area contributed by atoms with Gasteiger partial charge in [-0.2, -0.15) is 0 Å². The molecule has 0 heterocycles. The topological polar surface area (TPSA) is 30.5 Å². The molecule has 0 amide bonds. The van der Waals surface area contributed by atoms with Crippen molar-refractivity contribution in [2.24, 2.45) is 0 Å². The van der Waals surface area contributed by atoms with Gasteiger partial charge in [0.25, 0.3) is 0 Å². The van der Waals surface area contributed by atoms with Crippen molar-refractivity contribution in [2.75, 3.05) is 14.2 Å². The molecule has 21 heavy (non-hydrogen) atoms. The quantitative estimate of drug-likeness (QED) is 0.786. The number of hydrogen-bond donors (Lipinski definition) is 1. The molecule has 0 aromatic heterocycles. The lowest BCUT2D eigenvalue weighted by atomic mass is 10.1. The van der Waals surface area contributed by atoms with Crippen molar-refractivity contribution < 1.29 is 9.47 Å². The Morgan fingerprint density at radius 3 is 2.48 bits per heavy atom. The van der Waals surface area contributed by atoms with Gasteiger partial charge in [-0.1, -0.05) is 17.7 Å². The van der Waals surface area contributed by atoms with Gasteiger partial charge < -0.3 is 14.8 Å². The van der Waals surface area contributed by atoms with Gasteiger partial charge in [0.2, 0.25) is 0 Å². The Bertz CT molecular complexity index is 634. The predicted molar refractivity (Wildman–Crippen MR) is 89.7 cm³/mol. The molecule has 2 aromatic carbocycles. The minimum absolute atomic E-state index is 0.0993. The van der Waals surface area contributed by atoms with Gasteiger partial charge in [-0.15, -0.1) is 0 Å². The van der Waals surface area contributed by atoms with E-state index in [4.69, 9.17) is 21.1 Å². The highest BCUT2D eigenvalue weighted by molar-refractivity contribution is 9.10. The van der Waals surface area contributed by atoms with Crippen LogP contribution in [-0.2, 0) is 0 Å². The molecule has 2 aromatic rings. The zero-order valence-corrected chi connectivity index (χ0v) is 14.5. The molecule has 0 saturated carbocycles. The first-order valence-corrected chi connectivity index (χ1v) is 7.71. The summed E-state index contributed by atoms with van der Waals surface area (Å²) in [6, 6.07) is 11.3. The standard InChI is InChI=1S/C16H17BrClNO2/c1-10(19-2)16-14(20-3)5-4-6-15(16)21-13-8-7-11(18)9-12(13)17/h4-10,19H,1-3H3. The third-order valence-corrected chi connectivity index (χ3v) is 4.08. The van der Waals surface area contributed by atoms with E-state index in [1.54, 1.807) is 19.2 Å². The van der Waals surface area contributed by atoms with E-state index in [2.05, 4.69) is 28.2 Å². The highest BCUT2D eigenvalue weighted by atomic mass is 79.9. The third-order valence-electron chi connectivity index (χ3n) is 3.23. The molecule has 0 aliphatic heterocycles. The lowest BCUT2D eigenvalue weighted by Gasteiger charge is -2.19. The second-order valence-corrected chi connectivity index (χ2v) is 5.85. The first-order valence-electron chi connectivity index (χ1n) is 6.54. The van der Waals surface area contributed by atoms with Crippen molar-refractivity contribution in [2.45, 2.75) is 13.0 Å². The molecule has 0 aliphatic rings. The summed E-state index contributed by atoms with van der Waals surface area (Å²) >= 11 is 9.42. The van der Waals surface area contributed by atoms with E-state index in [0.717, 1.165) is 21.5 Å². The molecular formula is C16H17BrClNO2. The number of nitrogens with one attached hydrogen (secondary N) is 1. The molecular weight excluding hydrogens is 354 g/mol. The van der Waals surface area contributed by atoms with E-state index in [-0.39, 0.29) is 6.04 Å². The second-order valence-electron chi connectivity index (χ2n) is 4.56. The molecule has 2 rings (SSSR count). The van der Waals surface area contributed by atoms with Gasteiger partial charge in [-0.3, -0.25) is 0 Å². The van der Waals surface area contributed by atoms with Crippen molar-refractivity contribution in [3.8, 4) is 17.2 Å². The van der Waals surface area contributed by atoms with E-state index in [9.17, 15) is 0 Å². The Balaban J connectivity index is 2.43. The molecule has 0 radical (unpaired) electrons. The van der Waals surface area contributed by atoms with E-state index < -0.39 is 0 Å². The maximum atomic E-state index is 6.04. The average molecular weight is 371 g/mol. The third kappa shape index (κ3) is 3.70. The summed E-state index contributed by atoms with van der Waals surface area (Å²) in [7, 11) is 3.56. The molecule has 0 saturated heterocycles. The zero-order valence-electron chi connectivity index (χ0n) is 12.1. The summed E-state index contributed by atoms with van der Waals surface area (Å²) in [5.41, 5.74) is 0.976. The highest BCUT2D eigenvalue weighted by Gasteiger charge is 2.17. The first-order chi connectivity index (χ1) is 10.1. The van der Waals surface area contributed by atoms with Gasteiger partial charge in [0.05, 0.1) is 17.1 Å². The smallest absolute Gasteiger partial charge is 0.141 e. The summed E-state index contributed by atoms with van der Waals surface area (Å²) in [5.74, 6) is 2.25. The maximum Gasteiger partial charge on any atom is 0.141 e. The van der Waals surface area contributed by atoms with Crippen molar-refractivity contribution in [1.82, 2.24) is 5.32 Å². The molecule has 0 bridgehead atoms. The summed E-state index contributed by atoms with van der Waals surface area (Å²) < 4.78 is 12.3. The van der Waals surface area contributed by atoms with Crippen LogP contribution in [-0.4, -0.2) is 14.2 Å². The fourth-order valence-corrected chi connectivity index (χ4v) is 2.80. The summed E-state index contributed by atoms with van der Waals surface area (Å²) in [4.78, 5) is 0. The molecule has 1 atom stereocenters. The molecule has 5 heteroatoms. The SMILES string of the molecule is CNC(C)c1c(OC)cccc1Oc1ccc(Cl)cc1Br. The van der Waals surface area contributed by atoms with Crippen LogP contribution in [0.3, 0.4) is 0 Å². The number of rotatable bonds is 5. The van der Waals surface area contributed by atoms with Crippen molar-refractivity contribution in [3.05, 3.63) is 51.5 Å². The molecule has 1 N–H and O–H groups in total. The van der Waals surface area contributed by atoms with Gasteiger partial charge in [0.15, 0.2) is 0 Å². The number of ether oxygens (including phenoxy) is 2. The Morgan fingerprint density at radius 2 is 1.86 bits per heavy atom. The summed E-state index contributed by atoms with van der Waals surface area (Å²) in [6.07, 6.45) is 0. The van der Waals surface area contributed by atoms with Gasteiger partial charge in [0.1, 0.15) is 17.2 Å². The van der Waals surface area contributed by atoms with Gasteiger partial charge in [0, 0.05) is 11.1 Å². The maximum absolute atomic E-state index is 6.04. The number of benzene rings is 2. The zero-order chi connectivity index (χ0) is 15.4. The molecule has 3 nitrogen and oxygen atoms in total. The van der Waals surface area contributed by atoms with Crippen LogP contribution in [0.2, 0.25) is 5.02 Å². The van der Waals surface area contributed by atoms with Crippen LogP contribution in [0.4, 0.5) is 0 Å². The van der Waals surface area contributed by atoms with Gasteiger partial charge in [-0.25, -0.2) is 0 Å². The van der Waals surface area contributed by atoms with E-state index >= 15 is 0 Å². The van der Waals surface area contributed by atoms with Crippen LogP contribution in [0.5, 0.6) is 17.2 Å². The summed E-state index contributed by atoms with van der Waals surface area (Å²) in [5, 5.41) is 3.87. The van der Waals surface area contributed by atoms with E-state index in [1.165, 1.54) is 0 Å². The minimum Gasteiger partial charge on any atom is -0.496 e. The van der Waals surface area contributed by atoms with Crippen molar-refractivity contribution >= 4 is 27.5 Å². The van der Waals surface area contributed by atoms with E-state index in [0.29, 0.717) is 10.8 Å². The predicted octanol–water partition coefficient (Wildman–Crippen LogP) is 5.18.